The number of nitrogens with two attached hydrogens (primary N) is 1. The first-order valence-electron chi connectivity index (χ1n) is 9.32. The van der Waals surface area contributed by atoms with Crippen LogP contribution in [0.25, 0.3) is 11.1 Å². The highest BCUT2D eigenvalue weighted by Crippen LogP contribution is 2.35. The fourth-order valence-electron chi connectivity index (χ4n) is 3.63. The second-order valence-electron chi connectivity index (χ2n) is 6.75. The molecule has 1 amide bonds. The van der Waals surface area contributed by atoms with Crippen molar-refractivity contribution in [1.82, 2.24) is 4.57 Å². The molecule has 0 radical (unpaired) electrons. The number of methoxy groups -OCH3 is 1. The number of benzene rings is 1. The Hall–Kier alpha value is -3.06. The van der Waals surface area contributed by atoms with Crippen LogP contribution in [0.4, 0.5) is 0 Å². The molecule has 0 atom stereocenters. The Morgan fingerprint density at radius 3 is 2.62 bits per heavy atom. The van der Waals surface area contributed by atoms with E-state index in [0.717, 1.165) is 17.8 Å². The van der Waals surface area contributed by atoms with Crippen molar-refractivity contribution in [2.75, 3.05) is 7.11 Å². The lowest BCUT2D eigenvalue weighted by molar-refractivity contribution is -0.140. The van der Waals surface area contributed by atoms with Gasteiger partial charge in [0.05, 0.1) is 19.1 Å². The van der Waals surface area contributed by atoms with Crippen LogP contribution in [-0.4, -0.2) is 28.7 Å². The molecule has 0 bridgehead atoms. The maximum Gasteiger partial charge on any atom is 0.305 e. The van der Waals surface area contributed by atoms with Gasteiger partial charge in [-0.15, -0.1) is 11.3 Å². The van der Waals surface area contributed by atoms with Gasteiger partial charge in [0.2, 0.25) is 0 Å². The second kappa shape index (κ2) is 8.96. The van der Waals surface area contributed by atoms with Gasteiger partial charge in [-0.25, -0.2) is 0 Å². The van der Waals surface area contributed by atoms with Gasteiger partial charge in [0.15, 0.2) is 0 Å². The fraction of sp³-hybridized carbons (Fsp3) is 0.273. The number of carbonyl (C=O) groups excluding carboxylic acids is 2. The summed E-state index contributed by atoms with van der Waals surface area (Å²) in [6.45, 7) is 2.52. The summed E-state index contributed by atoms with van der Waals surface area (Å²) in [5, 5.41) is 12.0. The van der Waals surface area contributed by atoms with Crippen molar-refractivity contribution in [3.8, 4) is 16.9 Å². The predicted octanol–water partition coefficient (Wildman–Crippen LogP) is 3.68. The molecule has 6 nitrogen and oxygen atoms in total. The number of aryl methyl sites for hydroxylation is 1. The molecule has 0 saturated carbocycles. The minimum absolute atomic E-state index is 0.0980. The van der Waals surface area contributed by atoms with Gasteiger partial charge in [-0.3, -0.25) is 9.59 Å². The Kier molecular flexibility index (Phi) is 6.39. The molecule has 0 fully saturated rings. The Bertz CT molecular complexity index is 1020. The van der Waals surface area contributed by atoms with E-state index in [1.165, 1.54) is 12.0 Å². The normalized spacial score (nSPS) is 10.8. The van der Waals surface area contributed by atoms with Gasteiger partial charge in [0.1, 0.15) is 5.75 Å². The van der Waals surface area contributed by atoms with Crippen LogP contribution in [0.5, 0.6) is 5.75 Å². The van der Waals surface area contributed by atoms with Crippen LogP contribution in [-0.2, 0) is 28.9 Å². The number of thiophene rings is 1. The monoisotopic (exact) mass is 412 g/mol. The van der Waals surface area contributed by atoms with E-state index in [4.69, 9.17) is 10.5 Å². The van der Waals surface area contributed by atoms with Gasteiger partial charge in [0, 0.05) is 28.4 Å². The summed E-state index contributed by atoms with van der Waals surface area (Å²) >= 11 is 1.68. The molecule has 0 unspecified atom stereocenters. The Morgan fingerprint density at radius 1 is 1.21 bits per heavy atom. The molecule has 0 saturated heterocycles. The third-order valence-electron chi connectivity index (χ3n) is 4.97. The highest BCUT2D eigenvalue weighted by atomic mass is 32.1. The summed E-state index contributed by atoms with van der Waals surface area (Å²) in [4.78, 5) is 25.4. The number of aromatic nitrogens is 1. The molecule has 7 heteroatoms. The van der Waals surface area contributed by atoms with E-state index in [2.05, 4.69) is 10.6 Å². The van der Waals surface area contributed by atoms with Crippen LogP contribution in [0.2, 0.25) is 0 Å². The third-order valence-corrected chi connectivity index (χ3v) is 5.90. The molecule has 0 aliphatic heterocycles. The van der Waals surface area contributed by atoms with Crippen molar-refractivity contribution >= 4 is 23.2 Å². The summed E-state index contributed by atoms with van der Waals surface area (Å²) < 4.78 is 6.86. The highest BCUT2D eigenvalue weighted by molar-refractivity contribution is 7.09. The zero-order valence-electron chi connectivity index (χ0n) is 16.5. The number of nitrogens with zero attached hydrogens (tertiary/aromatic N) is 1. The Labute approximate surface area is 173 Å². The van der Waals surface area contributed by atoms with Crippen LogP contribution >= 0.6 is 11.3 Å². The molecule has 3 N–H and O–H groups in total. The van der Waals surface area contributed by atoms with Crippen molar-refractivity contribution in [3.63, 3.8) is 0 Å². The topological polar surface area (TPSA) is 94.6 Å². The summed E-state index contributed by atoms with van der Waals surface area (Å²) in [6.07, 6.45) is 1.38. The average molecular weight is 413 g/mol. The number of aromatic hydroxyl groups is 1. The largest absolute Gasteiger partial charge is 0.508 e. The molecule has 2 aromatic heterocycles. The number of rotatable bonds is 8. The minimum atomic E-state index is -0.532. The van der Waals surface area contributed by atoms with E-state index in [-0.39, 0.29) is 18.1 Å². The van der Waals surface area contributed by atoms with Crippen molar-refractivity contribution in [1.29, 1.82) is 0 Å². The molecular weight excluding hydrogens is 388 g/mol. The maximum atomic E-state index is 12.4. The molecule has 0 aliphatic carbocycles. The SMILES string of the molecule is COC(=O)CCc1c(-c2cccc(O)c2)c(C(N)=O)c(C)n1CCc1cccs1. The molecule has 29 heavy (non-hydrogen) atoms. The van der Waals surface area contributed by atoms with Gasteiger partial charge in [-0.2, -0.15) is 0 Å². The smallest absolute Gasteiger partial charge is 0.305 e. The standard InChI is InChI=1S/C22H24N2O4S/c1-14-20(22(23)27)21(15-5-3-6-16(25)13-15)18(8-9-19(26)28-2)24(14)11-10-17-7-4-12-29-17/h3-7,12-13,25H,8-11H2,1-2H3,(H2,23,27). The van der Waals surface area contributed by atoms with Crippen LogP contribution in [0.15, 0.2) is 41.8 Å². The summed E-state index contributed by atoms with van der Waals surface area (Å²) in [5.41, 5.74) is 9.11. The summed E-state index contributed by atoms with van der Waals surface area (Å²) in [7, 11) is 1.36. The molecule has 0 spiro atoms. The molecule has 152 valence electrons. The van der Waals surface area contributed by atoms with Crippen LogP contribution in [0.3, 0.4) is 0 Å². The van der Waals surface area contributed by atoms with E-state index in [1.54, 1.807) is 29.5 Å². The molecule has 3 rings (SSSR count). The van der Waals surface area contributed by atoms with Gasteiger partial charge in [-0.1, -0.05) is 18.2 Å². The zero-order chi connectivity index (χ0) is 21.0. The molecule has 3 aromatic rings. The predicted molar refractivity (Wildman–Crippen MR) is 113 cm³/mol. The Morgan fingerprint density at radius 2 is 2.00 bits per heavy atom. The van der Waals surface area contributed by atoms with Gasteiger partial charge in [0.25, 0.3) is 5.91 Å². The van der Waals surface area contributed by atoms with Gasteiger partial charge in [-0.05, 0) is 48.9 Å². The van der Waals surface area contributed by atoms with E-state index < -0.39 is 5.91 Å². The maximum absolute atomic E-state index is 12.4. The van der Waals surface area contributed by atoms with E-state index >= 15 is 0 Å². The number of carbonyl (C=O) groups is 2. The second-order valence-corrected chi connectivity index (χ2v) is 7.79. The van der Waals surface area contributed by atoms with Crippen molar-refractivity contribution in [2.45, 2.75) is 32.7 Å². The van der Waals surface area contributed by atoms with Crippen molar-refractivity contribution in [3.05, 3.63) is 63.6 Å². The van der Waals surface area contributed by atoms with E-state index in [0.29, 0.717) is 29.7 Å². The number of hydrogen-bond donors (Lipinski definition) is 2. The number of ether oxygens (including phenoxy) is 1. The van der Waals surface area contributed by atoms with Crippen LogP contribution in [0, 0.1) is 6.92 Å². The lowest BCUT2D eigenvalue weighted by Crippen LogP contribution is -2.13. The fourth-order valence-corrected chi connectivity index (χ4v) is 4.33. The lowest BCUT2D eigenvalue weighted by atomic mass is 9.97. The zero-order valence-corrected chi connectivity index (χ0v) is 17.3. The highest BCUT2D eigenvalue weighted by Gasteiger charge is 2.25. The molecular formula is C22H24N2O4S. The first-order valence-corrected chi connectivity index (χ1v) is 10.2. The number of phenolic OH excluding ortho intramolecular Hbond substituents is 1. The number of hydrogen-bond acceptors (Lipinski definition) is 5. The summed E-state index contributed by atoms with van der Waals surface area (Å²) in [6, 6.07) is 10.8. The lowest BCUT2D eigenvalue weighted by Gasteiger charge is -2.13. The minimum Gasteiger partial charge on any atom is -0.508 e. The van der Waals surface area contributed by atoms with Crippen molar-refractivity contribution in [2.24, 2.45) is 5.73 Å². The number of phenols is 1. The van der Waals surface area contributed by atoms with E-state index in [9.17, 15) is 14.7 Å². The van der Waals surface area contributed by atoms with Crippen molar-refractivity contribution < 1.29 is 19.4 Å². The third kappa shape index (κ3) is 4.51. The van der Waals surface area contributed by atoms with Gasteiger partial charge >= 0.3 is 5.97 Å². The first-order chi connectivity index (χ1) is 13.9. The number of esters is 1. The van der Waals surface area contributed by atoms with Crippen LogP contribution in [0.1, 0.15) is 33.0 Å². The van der Waals surface area contributed by atoms with Crippen LogP contribution < -0.4 is 5.73 Å². The quantitative estimate of drug-likeness (QED) is 0.552. The number of primary amides is 1. The molecule has 1 aromatic carbocycles. The average Bonchev–Trinajstić information content (AvgIpc) is 3.30. The summed E-state index contributed by atoms with van der Waals surface area (Å²) in [5.74, 6) is -0.757. The molecule has 0 aliphatic rings. The van der Waals surface area contributed by atoms with E-state index in [1.807, 2.05) is 24.4 Å². The molecule has 2 heterocycles. The first kappa shape index (κ1) is 20.7. The Balaban J connectivity index is 2.13. The number of amides is 1. The van der Waals surface area contributed by atoms with Gasteiger partial charge < -0.3 is 20.1 Å².